The van der Waals surface area contributed by atoms with E-state index >= 15 is 0 Å². The first-order valence-electron chi connectivity index (χ1n) is 5.32. The van der Waals surface area contributed by atoms with E-state index in [1.54, 1.807) is 4.90 Å². The lowest BCUT2D eigenvalue weighted by atomic mass is 9.95. The lowest BCUT2D eigenvalue weighted by Gasteiger charge is -2.40. The van der Waals surface area contributed by atoms with Crippen LogP contribution in [0.2, 0.25) is 0 Å². The molecule has 2 aliphatic heterocycles. The van der Waals surface area contributed by atoms with Crippen molar-refractivity contribution in [2.45, 2.75) is 18.9 Å². The fourth-order valence-corrected chi connectivity index (χ4v) is 2.26. The molecule has 1 amide bonds. The van der Waals surface area contributed by atoms with Crippen LogP contribution in [0.1, 0.15) is 12.8 Å². The molecule has 0 aromatic heterocycles. The molecular weight excluding hydrogens is 180 g/mol. The number of carbonyl (C=O) groups is 1. The predicted octanol–water partition coefficient (Wildman–Crippen LogP) is -0.469. The van der Waals surface area contributed by atoms with Gasteiger partial charge in [0.25, 0.3) is 0 Å². The number of nitrogens with zero attached hydrogens (tertiary/aromatic N) is 2. The summed E-state index contributed by atoms with van der Waals surface area (Å²) in [6.07, 6.45) is 1.85. The van der Waals surface area contributed by atoms with E-state index in [1.807, 2.05) is 0 Å². The zero-order chi connectivity index (χ0) is 10.1. The Labute approximate surface area is 84.5 Å². The monoisotopic (exact) mass is 198 g/mol. The van der Waals surface area contributed by atoms with Crippen molar-refractivity contribution in [3.63, 3.8) is 0 Å². The minimum atomic E-state index is -0.278. The SMILES string of the molecule is CN1CCC[C@@H](C(=O)N2CC(O)C2)C1. The van der Waals surface area contributed by atoms with Crippen molar-refractivity contribution in [2.24, 2.45) is 5.92 Å². The molecule has 1 atom stereocenters. The molecule has 2 rings (SSSR count). The molecule has 1 N–H and O–H groups in total. The Bertz CT molecular complexity index is 226. The quantitative estimate of drug-likeness (QED) is 0.619. The molecule has 2 heterocycles. The van der Waals surface area contributed by atoms with Crippen LogP contribution in [0, 0.1) is 5.92 Å². The molecule has 0 unspecified atom stereocenters. The maximum absolute atomic E-state index is 11.9. The number of rotatable bonds is 1. The van der Waals surface area contributed by atoms with Crippen LogP contribution in [0.5, 0.6) is 0 Å². The minimum Gasteiger partial charge on any atom is -0.389 e. The Kier molecular flexibility index (Phi) is 2.74. The van der Waals surface area contributed by atoms with Crippen LogP contribution >= 0.6 is 0 Å². The van der Waals surface area contributed by atoms with Crippen molar-refractivity contribution in [3.05, 3.63) is 0 Å². The van der Waals surface area contributed by atoms with Gasteiger partial charge in [0.1, 0.15) is 0 Å². The number of β-amino-alcohol motifs (C(OH)–C–C–N with tert-alkyl or cyclic N) is 1. The average Bonchev–Trinajstić information content (AvgIpc) is 2.12. The molecule has 80 valence electrons. The van der Waals surface area contributed by atoms with Crippen molar-refractivity contribution in [3.8, 4) is 0 Å². The van der Waals surface area contributed by atoms with Crippen LogP contribution in [-0.2, 0) is 4.79 Å². The van der Waals surface area contributed by atoms with Crippen LogP contribution in [0.4, 0.5) is 0 Å². The van der Waals surface area contributed by atoms with Gasteiger partial charge in [0, 0.05) is 19.6 Å². The molecule has 0 bridgehead atoms. The van der Waals surface area contributed by atoms with E-state index in [-0.39, 0.29) is 17.9 Å². The highest BCUT2D eigenvalue weighted by Gasteiger charge is 2.34. The smallest absolute Gasteiger partial charge is 0.227 e. The first kappa shape index (κ1) is 9.93. The van der Waals surface area contributed by atoms with Gasteiger partial charge < -0.3 is 14.9 Å². The Morgan fingerprint density at radius 3 is 2.64 bits per heavy atom. The third-order valence-electron chi connectivity index (χ3n) is 3.15. The van der Waals surface area contributed by atoms with Gasteiger partial charge in [-0.2, -0.15) is 0 Å². The van der Waals surface area contributed by atoms with E-state index in [0.29, 0.717) is 13.1 Å². The maximum Gasteiger partial charge on any atom is 0.227 e. The molecular formula is C10H18N2O2. The maximum atomic E-state index is 11.9. The van der Waals surface area contributed by atoms with Crippen LogP contribution in [0.25, 0.3) is 0 Å². The molecule has 2 fully saturated rings. The van der Waals surface area contributed by atoms with Gasteiger partial charge in [-0.25, -0.2) is 0 Å². The fraction of sp³-hybridized carbons (Fsp3) is 0.900. The number of hydrogen-bond donors (Lipinski definition) is 1. The van der Waals surface area contributed by atoms with Crippen LogP contribution < -0.4 is 0 Å². The van der Waals surface area contributed by atoms with Gasteiger partial charge in [-0.15, -0.1) is 0 Å². The van der Waals surface area contributed by atoms with E-state index in [1.165, 1.54) is 0 Å². The first-order valence-corrected chi connectivity index (χ1v) is 5.32. The van der Waals surface area contributed by atoms with Gasteiger partial charge in [0.15, 0.2) is 0 Å². The van der Waals surface area contributed by atoms with Gasteiger partial charge in [-0.1, -0.05) is 0 Å². The van der Waals surface area contributed by atoms with Crippen LogP contribution in [-0.4, -0.2) is 60.1 Å². The number of hydrogen-bond acceptors (Lipinski definition) is 3. The second kappa shape index (κ2) is 3.87. The summed E-state index contributed by atoms with van der Waals surface area (Å²) >= 11 is 0. The van der Waals surface area contributed by atoms with Crippen molar-refractivity contribution in [1.29, 1.82) is 0 Å². The zero-order valence-electron chi connectivity index (χ0n) is 8.65. The molecule has 0 spiro atoms. The molecule has 0 aliphatic carbocycles. The van der Waals surface area contributed by atoms with Gasteiger partial charge in [-0.3, -0.25) is 4.79 Å². The number of piperidine rings is 1. The molecule has 0 saturated carbocycles. The molecule has 14 heavy (non-hydrogen) atoms. The number of carbonyl (C=O) groups excluding carboxylic acids is 1. The molecule has 0 aromatic carbocycles. The standard InChI is InChI=1S/C10H18N2O2/c1-11-4-2-3-8(5-11)10(14)12-6-9(13)7-12/h8-9,13H,2-7H2,1H3/t8-/m1/s1. The third kappa shape index (κ3) is 1.91. The molecule has 4 heteroatoms. The zero-order valence-corrected chi connectivity index (χ0v) is 8.65. The van der Waals surface area contributed by atoms with E-state index in [9.17, 15) is 4.79 Å². The van der Waals surface area contributed by atoms with Crippen LogP contribution in [0.15, 0.2) is 0 Å². The summed E-state index contributed by atoms with van der Waals surface area (Å²) in [5, 5.41) is 9.11. The second-order valence-corrected chi connectivity index (χ2v) is 4.50. The van der Waals surface area contributed by atoms with Crippen molar-refractivity contribution in [2.75, 3.05) is 33.2 Å². The largest absolute Gasteiger partial charge is 0.389 e. The Balaban J connectivity index is 1.85. The van der Waals surface area contributed by atoms with Gasteiger partial charge >= 0.3 is 0 Å². The number of likely N-dealkylation sites (tertiary alicyclic amines) is 2. The lowest BCUT2D eigenvalue weighted by Crippen LogP contribution is -2.56. The molecule has 2 aliphatic rings. The highest BCUT2D eigenvalue weighted by Crippen LogP contribution is 2.20. The molecule has 4 nitrogen and oxygen atoms in total. The van der Waals surface area contributed by atoms with E-state index in [4.69, 9.17) is 5.11 Å². The summed E-state index contributed by atoms with van der Waals surface area (Å²) < 4.78 is 0. The second-order valence-electron chi connectivity index (χ2n) is 4.50. The van der Waals surface area contributed by atoms with E-state index in [2.05, 4.69) is 11.9 Å². The number of amides is 1. The van der Waals surface area contributed by atoms with Crippen molar-refractivity contribution >= 4 is 5.91 Å². The lowest BCUT2D eigenvalue weighted by molar-refractivity contribution is -0.147. The summed E-state index contributed by atoms with van der Waals surface area (Å²) in [6.45, 7) is 3.07. The number of aliphatic hydroxyl groups is 1. The van der Waals surface area contributed by atoms with Crippen molar-refractivity contribution in [1.82, 2.24) is 9.80 Å². The van der Waals surface area contributed by atoms with Crippen LogP contribution in [0.3, 0.4) is 0 Å². The van der Waals surface area contributed by atoms with E-state index < -0.39 is 0 Å². The van der Waals surface area contributed by atoms with Gasteiger partial charge in [-0.05, 0) is 26.4 Å². The topological polar surface area (TPSA) is 43.8 Å². The highest BCUT2D eigenvalue weighted by molar-refractivity contribution is 5.80. The fourth-order valence-electron chi connectivity index (χ4n) is 2.26. The summed E-state index contributed by atoms with van der Waals surface area (Å²) in [5.41, 5.74) is 0. The Morgan fingerprint density at radius 1 is 1.36 bits per heavy atom. The van der Waals surface area contributed by atoms with Crippen molar-refractivity contribution < 1.29 is 9.90 Å². The molecule has 0 radical (unpaired) electrons. The van der Waals surface area contributed by atoms with Gasteiger partial charge in [0.2, 0.25) is 5.91 Å². The van der Waals surface area contributed by atoms with E-state index in [0.717, 1.165) is 25.9 Å². The average molecular weight is 198 g/mol. The van der Waals surface area contributed by atoms with Gasteiger partial charge in [0.05, 0.1) is 12.0 Å². The minimum absolute atomic E-state index is 0.168. The summed E-state index contributed by atoms with van der Waals surface area (Å²) in [4.78, 5) is 15.8. The summed E-state index contributed by atoms with van der Waals surface area (Å²) in [7, 11) is 2.06. The third-order valence-corrected chi connectivity index (χ3v) is 3.15. The summed E-state index contributed by atoms with van der Waals surface area (Å²) in [5.74, 6) is 0.406. The first-order chi connectivity index (χ1) is 6.66. The molecule has 2 saturated heterocycles. The highest BCUT2D eigenvalue weighted by atomic mass is 16.3. The molecule has 0 aromatic rings. The summed E-state index contributed by atoms with van der Waals surface area (Å²) in [6, 6.07) is 0. The predicted molar refractivity (Wildman–Crippen MR) is 52.8 cm³/mol. The Morgan fingerprint density at radius 2 is 2.07 bits per heavy atom. The normalized spacial score (nSPS) is 30.1. The Hall–Kier alpha value is -0.610. The number of aliphatic hydroxyl groups excluding tert-OH is 1.